The Morgan fingerprint density at radius 2 is 2.18 bits per heavy atom. The fraction of sp³-hybridized carbons (Fsp3) is 0.800. The molecule has 0 spiro atoms. The molecule has 0 bridgehead atoms. The Labute approximate surface area is 69.9 Å². The number of rotatable bonds is 4. The highest BCUT2D eigenvalue weighted by Gasteiger charge is 2.30. The van der Waals surface area contributed by atoms with Crippen molar-refractivity contribution in [1.82, 2.24) is 5.32 Å². The SMILES string of the molecule is C/C=C/CNCC1(C)CCC1. The molecule has 0 amide bonds. The lowest BCUT2D eigenvalue weighted by atomic mass is 9.70. The predicted molar refractivity (Wildman–Crippen MR) is 49.6 cm³/mol. The van der Waals surface area contributed by atoms with Gasteiger partial charge >= 0.3 is 0 Å². The van der Waals surface area contributed by atoms with Gasteiger partial charge in [0.25, 0.3) is 0 Å². The first-order chi connectivity index (χ1) is 5.27. The maximum Gasteiger partial charge on any atom is 0.0135 e. The van der Waals surface area contributed by atoms with Gasteiger partial charge < -0.3 is 5.32 Å². The molecule has 0 unspecified atom stereocenters. The van der Waals surface area contributed by atoms with Crippen molar-refractivity contribution < 1.29 is 0 Å². The Bertz CT molecular complexity index is 134. The van der Waals surface area contributed by atoms with E-state index in [0.29, 0.717) is 5.41 Å². The summed E-state index contributed by atoms with van der Waals surface area (Å²) in [6.07, 6.45) is 8.52. The molecule has 64 valence electrons. The zero-order chi connectivity index (χ0) is 8.16. The van der Waals surface area contributed by atoms with E-state index in [1.54, 1.807) is 0 Å². The molecule has 0 aromatic heterocycles. The van der Waals surface area contributed by atoms with Gasteiger partial charge in [-0.1, -0.05) is 25.5 Å². The molecule has 11 heavy (non-hydrogen) atoms. The first-order valence-corrected chi connectivity index (χ1v) is 4.59. The van der Waals surface area contributed by atoms with Crippen LogP contribution in [0.4, 0.5) is 0 Å². The standard InChI is InChI=1S/C10H19N/c1-3-4-8-11-9-10(2)6-5-7-10/h3-4,11H,5-9H2,1-2H3/b4-3+. The van der Waals surface area contributed by atoms with Crippen molar-refractivity contribution >= 4 is 0 Å². The molecule has 1 N–H and O–H groups in total. The van der Waals surface area contributed by atoms with Gasteiger partial charge in [-0.3, -0.25) is 0 Å². The van der Waals surface area contributed by atoms with E-state index in [0.717, 1.165) is 6.54 Å². The number of hydrogen-bond donors (Lipinski definition) is 1. The Hall–Kier alpha value is -0.300. The molecule has 0 aliphatic heterocycles. The Morgan fingerprint density at radius 3 is 2.64 bits per heavy atom. The second-order valence-corrected chi connectivity index (χ2v) is 3.86. The topological polar surface area (TPSA) is 12.0 Å². The van der Waals surface area contributed by atoms with Crippen LogP contribution in [0.2, 0.25) is 0 Å². The van der Waals surface area contributed by atoms with Crippen molar-refractivity contribution in [2.24, 2.45) is 5.41 Å². The maximum absolute atomic E-state index is 3.44. The molecular weight excluding hydrogens is 134 g/mol. The van der Waals surface area contributed by atoms with Crippen LogP contribution < -0.4 is 5.32 Å². The van der Waals surface area contributed by atoms with Crippen molar-refractivity contribution in [3.63, 3.8) is 0 Å². The van der Waals surface area contributed by atoms with E-state index in [1.807, 2.05) is 0 Å². The van der Waals surface area contributed by atoms with Crippen LogP contribution >= 0.6 is 0 Å². The molecule has 1 fully saturated rings. The third kappa shape index (κ3) is 2.66. The van der Waals surface area contributed by atoms with Gasteiger partial charge in [-0.25, -0.2) is 0 Å². The van der Waals surface area contributed by atoms with Crippen LogP contribution in [0.1, 0.15) is 33.1 Å². The average molecular weight is 153 g/mol. The van der Waals surface area contributed by atoms with E-state index in [2.05, 4.69) is 31.3 Å². The molecule has 0 radical (unpaired) electrons. The molecule has 1 aliphatic carbocycles. The van der Waals surface area contributed by atoms with Gasteiger partial charge in [-0.2, -0.15) is 0 Å². The molecular formula is C10H19N. The molecule has 1 aliphatic rings. The van der Waals surface area contributed by atoms with Crippen LogP contribution in [-0.2, 0) is 0 Å². The van der Waals surface area contributed by atoms with Crippen molar-refractivity contribution in [3.05, 3.63) is 12.2 Å². The predicted octanol–water partition coefficient (Wildman–Crippen LogP) is 2.34. The zero-order valence-electron chi connectivity index (χ0n) is 7.69. The van der Waals surface area contributed by atoms with Gasteiger partial charge in [0.15, 0.2) is 0 Å². The van der Waals surface area contributed by atoms with E-state index in [9.17, 15) is 0 Å². The Balaban J connectivity index is 2.02. The van der Waals surface area contributed by atoms with Crippen molar-refractivity contribution in [3.8, 4) is 0 Å². The van der Waals surface area contributed by atoms with Gasteiger partial charge in [0, 0.05) is 13.1 Å². The van der Waals surface area contributed by atoms with E-state index in [4.69, 9.17) is 0 Å². The molecule has 0 saturated heterocycles. The third-order valence-corrected chi connectivity index (χ3v) is 2.61. The minimum absolute atomic E-state index is 0.627. The lowest BCUT2D eigenvalue weighted by Gasteiger charge is -2.38. The molecule has 0 aromatic rings. The summed E-state index contributed by atoms with van der Waals surface area (Å²) in [6.45, 7) is 6.66. The Morgan fingerprint density at radius 1 is 1.45 bits per heavy atom. The van der Waals surface area contributed by atoms with Gasteiger partial charge in [0.2, 0.25) is 0 Å². The zero-order valence-corrected chi connectivity index (χ0v) is 7.69. The minimum atomic E-state index is 0.627. The monoisotopic (exact) mass is 153 g/mol. The fourth-order valence-corrected chi connectivity index (χ4v) is 1.53. The van der Waals surface area contributed by atoms with Gasteiger partial charge in [-0.05, 0) is 25.2 Å². The second-order valence-electron chi connectivity index (χ2n) is 3.86. The summed E-state index contributed by atoms with van der Waals surface area (Å²) >= 11 is 0. The molecule has 1 nitrogen and oxygen atoms in total. The van der Waals surface area contributed by atoms with Crippen molar-refractivity contribution in [2.75, 3.05) is 13.1 Å². The molecule has 1 rings (SSSR count). The summed E-state index contributed by atoms with van der Waals surface area (Å²) in [5, 5.41) is 3.44. The largest absolute Gasteiger partial charge is 0.313 e. The summed E-state index contributed by atoms with van der Waals surface area (Å²) < 4.78 is 0. The number of allylic oxidation sites excluding steroid dienone is 1. The summed E-state index contributed by atoms with van der Waals surface area (Å²) in [4.78, 5) is 0. The molecule has 0 heterocycles. The highest BCUT2D eigenvalue weighted by Crippen LogP contribution is 2.39. The molecule has 0 atom stereocenters. The average Bonchev–Trinajstić information content (AvgIpc) is 1.95. The maximum atomic E-state index is 3.44. The fourth-order valence-electron chi connectivity index (χ4n) is 1.53. The first kappa shape index (κ1) is 8.79. The highest BCUT2D eigenvalue weighted by molar-refractivity contribution is 4.87. The van der Waals surface area contributed by atoms with Crippen molar-refractivity contribution in [2.45, 2.75) is 33.1 Å². The van der Waals surface area contributed by atoms with Crippen LogP contribution in [-0.4, -0.2) is 13.1 Å². The summed E-state index contributed by atoms with van der Waals surface area (Å²) in [5.41, 5.74) is 0.627. The number of nitrogens with one attached hydrogen (secondary N) is 1. The van der Waals surface area contributed by atoms with Crippen LogP contribution in [0.15, 0.2) is 12.2 Å². The molecule has 1 heteroatoms. The van der Waals surface area contributed by atoms with E-state index < -0.39 is 0 Å². The third-order valence-electron chi connectivity index (χ3n) is 2.61. The lowest BCUT2D eigenvalue weighted by Crippen LogP contribution is -2.37. The van der Waals surface area contributed by atoms with Crippen LogP contribution in [0.25, 0.3) is 0 Å². The first-order valence-electron chi connectivity index (χ1n) is 4.59. The van der Waals surface area contributed by atoms with Gasteiger partial charge in [0.1, 0.15) is 0 Å². The lowest BCUT2D eigenvalue weighted by molar-refractivity contribution is 0.159. The van der Waals surface area contributed by atoms with E-state index in [-0.39, 0.29) is 0 Å². The Kier molecular flexibility index (Phi) is 3.13. The smallest absolute Gasteiger partial charge is 0.0135 e. The summed E-state index contributed by atoms with van der Waals surface area (Å²) in [6, 6.07) is 0. The van der Waals surface area contributed by atoms with E-state index >= 15 is 0 Å². The number of hydrogen-bond acceptors (Lipinski definition) is 1. The van der Waals surface area contributed by atoms with Crippen LogP contribution in [0.3, 0.4) is 0 Å². The quantitative estimate of drug-likeness (QED) is 0.483. The van der Waals surface area contributed by atoms with Gasteiger partial charge in [-0.15, -0.1) is 0 Å². The minimum Gasteiger partial charge on any atom is -0.313 e. The van der Waals surface area contributed by atoms with E-state index in [1.165, 1.54) is 25.8 Å². The van der Waals surface area contributed by atoms with Crippen LogP contribution in [0.5, 0.6) is 0 Å². The summed E-state index contributed by atoms with van der Waals surface area (Å²) in [7, 11) is 0. The molecule has 1 saturated carbocycles. The van der Waals surface area contributed by atoms with Gasteiger partial charge in [0.05, 0.1) is 0 Å². The van der Waals surface area contributed by atoms with Crippen LogP contribution in [0, 0.1) is 5.41 Å². The summed E-state index contributed by atoms with van der Waals surface area (Å²) in [5.74, 6) is 0. The normalized spacial score (nSPS) is 22.0. The second kappa shape index (κ2) is 3.91. The molecule has 0 aromatic carbocycles. The highest BCUT2D eigenvalue weighted by atomic mass is 14.9. The van der Waals surface area contributed by atoms with Crippen molar-refractivity contribution in [1.29, 1.82) is 0 Å².